The van der Waals surface area contributed by atoms with Crippen LogP contribution in [0.5, 0.6) is 0 Å². The van der Waals surface area contributed by atoms with Crippen LogP contribution in [0.2, 0.25) is 0 Å². The number of nitrogens with one attached hydrogen (secondary N) is 1. The first kappa shape index (κ1) is 20.8. The molecule has 166 valence electrons. The first-order chi connectivity index (χ1) is 16.1. The van der Waals surface area contributed by atoms with Crippen LogP contribution in [0.25, 0.3) is 32.9 Å². The van der Waals surface area contributed by atoms with Crippen molar-refractivity contribution in [3.8, 4) is 0 Å². The molecule has 1 N–H and O–H groups in total. The molecule has 0 bridgehead atoms. The predicted octanol–water partition coefficient (Wildman–Crippen LogP) is 5.53. The third kappa shape index (κ3) is 3.61. The summed E-state index contributed by atoms with van der Waals surface area (Å²) >= 11 is 0. The maximum atomic E-state index is 13.0. The van der Waals surface area contributed by atoms with Gasteiger partial charge in [0.05, 0.1) is 5.56 Å². The van der Waals surface area contributed by atoms with Gasteiger partial charge < -0.3 is 19.0 Å². The van der Waals surface area contributed by atoms with Crippen LogP contribution >= 0.6 is 0 Å². The fourth-order valence-corrected chi connectivity index (χ4v) is 4.26. The van der Waals surface area contributed by atoms with Gasteiger partial charge in [0.1, 0.15) is 5.52 Å². The lowest BCUT2D eigenvalue weighted by Crippen LogP contribution is -2.32. The van der Waals surface area contributed by atoms with Gasteiger partial charge in [-0.2, -0.15) is 0 Å². The van der Waals surface area contributed by atoms with E-state index in [1.54, 1.807) is 25.1 Å². The first-order valence-corrected chi connectivity index (χ1v) is 11.0. The van der Waals surface area contributed by atoms with E-state index in [1.165, 1.54) is 6.39 Å². The Morgan fingerprint density at radius 2 is 1.85 bits per heavy atom. The zero-order valence-electron chi connectivity index (χ0n) is 18.4. The summed E-state index contributed by atoms with van der Waals surface area (Å²) in [4.78, 5) is 29.8. The molecule has 0 aliphatic heterocycles. The molecule has 0 saturated heterocycles. The average Bonchev–Trinajstić information content (AvgIpc) is 3.44. The third-order valence-corrected chi connectivity index (χ3v) is 5.85. The molecule has 0 spiro atoms. The molecule has 0 fully saturated rings. The van der Waals surface area contributed by atoms with Crippen molar-refractivity contribution < 1.29 is 18.7 Å². The lowest BCUT2D eigenvalue weighted by atomic mass is 10.1. The molecule has 5 aromatic rings. The van der Waals surface area contributed by atoms with E-state index in [2.05, 4.69) is 33.9 Å². The number of hydrogen-bond acceptors (Lipinski definition) is 5. The fraction of sp³-hybridized carbons (Fsp3) is 0.192. The van der Waals surface area contributed by atoms with Gasteiger partial charge in [-0.25, -0.2) is 9.78 Å². The van der Waals surface area contributed by atoms with Gasteiger partial charge in [0.15, 0.2) is 18.1 Å². The monoisotopic (exact) mass is 441 g/mol. The second-order valence-electron chi connectivity index (χ2n) is 7.79. The first-order valence-electron chi connectivity index (χ1n) is 11.0. The van der Waals surface area contributed by atoms with Crippen molar-refractivity contribution in [3.63, 3.8) is 0 Å². The molecule has 7 nitrogen and oxygen atoms in total. The molecule has 0 saturated carbocycles. The van der Waals surface area contributed by atoms with Crippen LogP contribution < -0.4 is 5.32 Å². The summed E-state index contributed by atoms with van der Waals surface area (Å²) < 4.78 is 13.0. The lowest BCUT2D eigenvalue weighted by molar-refractivity contribution is -0.124. The number of carbonyl (C=O) groups is 2. The number of nitrogens with zero attached hydrogens (tertiary/aromatic N) is 2. The highest BCUT2D eigenvalue weighted by Gasteiger charge is 2.24. The van der Waals surface area contributed by atoms with Crippen LogP contribution in [-0.2, 0) is 16.1 Å². The minimum absolute atomic E-state index is 0.265. The standard InChI is InChI=1S/C26H23N3O4/c1-3-22(33-26(31)18-9-7-11-23-24(18)27-15-32-23)25(30)28-16-12-13-21-19(14-16)17-8-5-6-10-20(17)29(21)4-2/h5-15,22H,3-4H2,1-2H3,(H,28,30). The van der Waals surface area contributed by atoms with E-state index in [9.17, 15) is 9.59 Å². The summed E-state index contributed by atoms with van der Waals surface area (Å²) in [6.45, 7) is 4.76. The molecule has 2 heterocycles. The maximum absolute atomic E-state index is 13.0. The third-order valence-electron chi connectivity index (χ3n) is 5.85. The molecular formula is C26H23N3O4. The second kappa shape index (κ2) is 8.43. The van der Waals surface area contributed by atoms with Crippen molar-refractivity contribution in [2.75, 3.05) is 5.32 Å². The molecule has 1 unspecified atom stereocenters. The molecular weight excluding hydrogens is 418 g/mol. The number of aryl methyl sites for hydroxylation is 1. The number of rotatable bonds is 6. The number of hydrogen-bond donors (Lipinski definition) is 1. The molecule has 0 aliphatic carbocycles. The van der Waals surface area contributed by atoms with Gasteiger partial charge in [-0.05, 0) is 49.7 Å². The smallest absolute Gasteiger partial charge is 0.341 e. The van der Waals surface area contributed by atoms with Crippen LogP contribution in [0.4, 0.5) is 5.69 Å². The molecule has 0 radical (unpaired) electrons. The number of para-hydroxylation sites is 2. The van der Waals surface area contributed by atoms with E-state index in [1.807, 2.05) is 30.3 Å². The normalized spacial score (nSPS) is 12.3. The summed E-state index contributed by atoms with van der Waals surface area (Å²) in [5.41, 5.74) is 4.08. The summed E-state index contributed by atoms with van der Waals surface area (Å²) in [6, 6.07) is 19.1. The zero-order chi connectivity index (χ0) is 22.9. The summed E-state index contributed by atoms with van der Waals surface area (Å²) in [6.07, 6.45) is 0.674. The van der Waals surface area contributed by atoms with Crippen LogP contribution in [0.3, 0.4) is 0 Å². The largest absolute Gasteiger partial charge is 0.449 e. The second-order valence-corrected chi connectivity index (χ2v) is 7.79. The molecule has 3 aromatic carbocycles. The number of amides is 1. The Balaban J connectivity index is 1.39. The minimum atomic E-state index is -0.938. The topological polar surface area (TPSA) is 86.4 Å². The summed E-state index contributed by atoms with van der Waals surface area (Å²) in [5.74, 6) is -0.991. The number of aromatic nitrogens is 2. The van der Waals surface area contributed by atoms with Gasteiger partial charge in [0.2, 0.25) is 0 Å². The van der Waals surface area contributed by atoms with Gasteiger partial charge in [-0.15, -0.1) is 0 Å². The van der Waals surface area contributed by atoms with Crippen LogP contribution in [0, 0.1) is 0 Å². The number of fused-ring (bicyclic) bond motifs is 4. The van der Waals surface area contributed by atoms with Crippen molar-refractivity contribution in [3.05, 3.63) is 72.6 Å². The number of oxazole rings is 1. The Morgan fingerprint density at radius 1 is 1.03 bits per heavy atom. The quantitative estimate of drug-likeness (QED) is 0.350. The Hall–Kier alpha value is -4.13. The molecule has 2 aromatic heterocycles. The highest BCUT2D eigenvalue weighted by molar-refractivity contribution is 6.10. The fourth-order valence-electron chi connectivity index (χ4n) is 4.26. The number of esters is 1. The molecule has 0 aliphatic rings. The number of ether oxygens (including phenoxy) is 1. The van der Waals surface area contributed by atoms with Crippen molar-refractivity contribution in [1.82, 2.24) is 9.55 Å². The van der Waals surface area contributed by atoms with Gasteiger partial charge in [-0.3, -0.25) is 4.79 Å². The van der Waals surface area contributed by atoms with Crippen LogP contribution in [0.15, 0.2) is 71.5 Å². The van der Waals surface area contributed by atoms with E-state index in [-0.39, 0.29) is 11.5 Å². The van der Waals surface area contributed by atoms with Gasteiger partial charge in [-0.1, -0.05) is 31.2 Å². The van der Waals surface area contributed by atoms with E-state index in [0.29, 0.717) is 23.2 Å². The van der Waals surface area contributed by atoms with E-state index in [0.717, 1.165) is 28.4 Å². The predicted molar refractivity (Wildman–Crippen MR) is 127 cm³/mol. The Morgan fingerprint density at radius 3 is 2.67 bits per heavy atom. The van der Waals surface area contributed by atoms with Crippen LogP contribution in [0.1, 0.15) is 30.6 Å². The number of benzene rings is 3. The Bertz CT molecular complexity index is 1500. The van der Waals surface area contributed by atoms with Gasteiger partial charge in [0.25, 0.3) is 5.91 Å². The number of anilines is 1. The molecule has 33 heavy (non-hydrogen) atoms. The summed E-state index contributed by atoms with van der Waals surface area (Å²) in [5, 5.41) is 5.10. The van der Waals surface area contributed by atoms with E-state index in [4.69, 9.17) is 9.15 Å². The van der Waals surface area contributed by atoms with E-state index < -0.39 is 12.1 Å². The zero-order valence-corrected chi connectivity index (χ0v) is 18.4. The molecule has 5 rings (SSSR count). The molecule has 1 atom stereocenters. The summed E-state index contributed by atoms with van der Waals surface area (Å²) in [7, 11) is 0. The van der Waals surface area contributed by atoms with Crippen molar-refractivity contribution in [2.24, 2.45) is 0 Å². The van der Waals surface area contributed by atoms with Gasteiger partial charge >= 0.3 is 5.97 Å². The molecule has 1 amide bonds. The highest BCUT2D eigenvalue weighted by Crippen LogP contribution is 2.31. The SMILES string of the molecule is CCC(OC(=O)c1cccc2ocnc12)C(=O)Nc1ccc2c(c1)c1ccccc1n2CC. The average molecular weight is 441 g/mol. The van der Waals surface area contributed by atoms with Crippen molar-refractivity contribution in [2.45, 2.75) is 32.9 Å². The maximum Gasteiger partial charge on any atom is 0.341 e. The van der Waals surface area contributed by atoms with Crippen LogP contribution in [-0.4, -0.2) is 27.5 Å². The minimum Gasteiger partial charge on any atom is -0.449 e. The van der Waals surface area contributed by atoms with E-state index >= 15 is 0 Å². The van der Waals surface area contributed by atoms with Gasteiger partial charge in [0, 0.05) is 34.0 Å². The Labute approximate surface area is 190 Å². The number of carbonyl (C=O) groups excluding carboxylic acids is 2. The Kier molecular flexibility index (Phi) is 5.30. The lowest BCUT2D eigenvalue weighted by Gasteiger charge is -2.16. The molecule has 7 heteroatoms. The highest BCUT2D eigenvalue weighted by atomic mass is 16.5. The van der Waals surface area contributed by atoms with Crippen molar-refractivity contribution >= 4 is 50.5 Å². The van der Waals surface area contributed by atoms with Crippen molar-refractivity contribution in [1.29, 1.82) is 0 Å².